The van der Waals surface area contributed by atoms with E-state index < -0.39 is 0 Å². The van der Waals surface area contributed by atoms with Crippen molar-refractivity contribution in [2.75, 3.05) is 13.7 Å². The summed E-state index contributed by atoms with van der Waals surface area (Å²) in [6.07, 6.45) is 1.28. The smallest absolute Gasteiger partial charge is 0.178 e. The molecule has 0 bridgehead atoms. The number of nitrogens with zero attached hydrogens (tertiary/aromatic N) is 3. The highest BCUT2D eigenvalue weighted by atomic mass is 19.1. The lowest BCUT2D eigenvalue weighted by molar-refractivity contribution is 0.0919. The lowest BCUT2D eigenvalue weighted by Gasteiger charge is -2.16. The van der Waals surface area contributed by atoms with E-state index in [1.807, 2.05) is 13.0 Å². The number of benzene rings is 2. The van der Waals surface area contributed by atoms with Gasteiger partial charge in [-0.05, 0) is 31.2 Å². The standard InChI is InChI=1S/C24H21FN4O3/c1-15(13-30-2)32-20-9-18(23-28-22-7-16(11-26)12-27-24(22)29-23)8-19(10-20)31-14-17-5-3-4-6-21(17)25/h3-10,12,15H,13-14H2,1-2H3,(H,27,28,29)/t15-/m0/s1. The number of hydrogen-bond acceptors (Lipinski definition) is 6. The molecule has 4 aromatic rings. The highest BCUT2D eigenvalue weighted by Gasteiger charge is 2.13. The summed E-state index contributed by atoms with van der Waals surface area (Å²) in [6.45, 7) is 2.38. The van der Waals surface area contributed by atoms with Crippen LogP contribution in [0.2, 0.25) is 0 Å². The molecule has 0 amide bonds. The lowest BCUT2D eigenvalue weighted by Crippen LogP contribution is -2.18. The number of hydrogen-bond donors (Lipinski definition) is 1. The molecule has 2 heterocycles. The van der Waals surface area contributed by atoms with Crippen molar-refractivity contribution >= 4 is 11.2 Å². The van der Waals surface area contributed by atoms with Crippen LogP contribution in [0.1, 0.15) is 18.1 Å². The van der Waals surface area contributed by atoms with Gasteiger partial charge in [-0.25, -0.2) is 14.4 Å². The van der Waals surface area contributed by atoms with Gasteiger partial charge in [0.25, 0.3) is 0 Å². The van der Waals surface area contributed by atoms with E-state index >= 15 is 0 Å². The van der Waals surface area contributed by atoms with Gasteiger partial charge in [0.05, 0.1) is 17.7 Å². The second-order valence-corrected chi connectivity index (χ2v) is 7.25. The predicted molar refractivity (Wildman–Crippen MR) is 117 cm³/mol. The van der Waals surface area contributed by atoms with Crippen molar-refractivity contribution in [1.29, 1.82) is 5.26 Å². The number of rotatable bonds is 8. The molecule has 2 aromatic carbocycles. The van der Waals surface area contributed by atoms with Gasteiger partial charge in [-0.2, -0.15) is 5.26 Å². The molecule has 1 atom stereocenters. The summed E-state index contributed by atoms with van der Waals surface area (Å²) in [7, 11) is 1.61. The zero-order chi connectivity index (χ0) is 22.5. The second-order valence-electron chi connectivity index (χ2n) is 7.25. The third-order valence-electron chi connectivity index (χ3n) is 4.71. The van der Waals surface area contributed by atoms with Crippen molar-refractivity contribution in [2.24, 2.45) is 0 Å². The monoisotopic (exact) mass is 432 g/mol. The number of ether oxygens (including phenoxy) is 3. The van der Waals surface area contributed by atoms with Crippen molar-refractivity contribution in [3.05, 3.63) is 71.7 Å². The van der Waals surface area contributed by atoms with E-state index in [9.17, 15) is 4.39 Å². The average molecular weight is 432 g/mol. The molecule has 162 valence electrons. The zero-order valence-electron chi connectivity index (χ0n) is 17.6. The molecule has 0 saturated carbocycles. The highest BCUT2D eigenvalue weighted by molar-refractivity contribution is 5.77. The summed E-state index contributed by atoms with van der Waals surface area (Å²) in [4.78, 5) is 11.9. The molecule has 7 nitrogen and oxygen atoms in total. The minimum Gasteiger partial charge on any atom is -0.489 e. The number of nitrogens with one attached hydrogen (secondary N) is 1. The van der Waals surface area contributed by atoms with Gasteiger partial charge >= 0.3 is 0 Å². The molecule has 0 fully saturated rings. The topological polar surface area (TPSA) is 93.0 Å². The van der Waals surface area contributed by atoms with Crippen LogP contribution in [0.25, 0.3) is 22.6 Å². The number of H-pyrrole nitrogens is 1. The van der Waals surface area contributed by atoms with E-state index in [4.69, 9.17) is 19.5 Å². The number of imidazole rings is 1. The molecule has 0 aliphatic rings. The molecule has 0 saturated heterocycles. The Bertz CT molecular complexity index is 1280. The minimum atomic E-state index is -0.328. The van der Waals surface area contributed by atoms with Gasteiger partial charge in [0.15, 0.2) is 5.65 Å². The fourth-order valence-corrected chi connectivity index (χ4v) is 3.24. The largest absolute Gasteiger partial charge is 0.489 e. The predicted octanol–water partition coefficient (Wildman–Crippen LogP) is 4.63. The fraction of sp³-hybridized carbons (Fsp3) is 0.208. The van der Waals surface area contributed by atoms with Crippen LogP contribution in [0.3, 0.4) is 0 Å². The van der Waals surface area contributed by atoms with Crippen molar-refractivity contribution in [1.82, 2.24) is 15.0 Å². The number of fused-ring (bicyclic) bond motifs is 1. The normalized spacial score (nSPS) is 11.8. The van der Waals surface area contributed by atoms with Gasteiger partial charge in [0.2, 0.25) is 0 Å². The SMILES string of the molecule is COC[C@H](C)Oc1cc(OCc2ccccc2F)cc(-c2nc3ncc(C#N)cc3[nH]2)c1. The molecule has 1 N–H and O–H groups in total. The number of aromatic nitrogens is 3. The van der Waals surface area contributed by atoms with Crippen LogP contribution in [0.4, 0.5) is 4.39 Å². The van der Waals surface area contributed by atoms with Crippen molar-refractivity contribution in [3.8, 4) is 29.0 Å². The van der Waals surface area contributed by atoms with Gasteiger partial charge in [-0.3, -0.25) is 0 Å². The Labute approximate surface area is 184 Å². The third-order valence-corrected chi connectivity index (χ3v) is 4.71. The van der Waals surface area contributed by atoms with Crippen LogP contribution in [-0.2, 0) is 11.3 Å². The summed E-state index contributed by atoms with van der Waals surface area (Å²) < 4.78 is 31.0. The van der Waals surface area contributed by atoms with E-state index in [2.05, 4.69) is 21.0 Å². The summed E-state index contributed by atoms with van der Waals surface area (Å²) >= 11 is 0. The van der Waals surface area contributed by atoms with Crippen LogP contribution in [0.5, 0.6) is 11.5 Å². The molecule has 0 radical (unpaired) electrons. The summed E-state index contributed by atoms with van der Waals surface area (Å²) in [6, 6.07) is 15.6. The van der Waals surface area contributed by atoms with Crippen LogP contribution in [0.15, 0.2) is 54.7 Å². The van der Waals surface area contributed by atoms with Crippen LogP contribution >= 0.6 is 0 Å². The maximum atomic E-state index is 14.0. The molecule has 8 heteroatoms. The maximum absolute atomic E-state index is 14.0. The first-order valence-electron chi connectivity index (χ1n) is 9.99. The molecule has 0 aliphatic heterocycles. The van der Waals surface area contributed by atoms with Crippen molar-refractivity contribution in [3.63, 3.8) is 0 Å². The number of methoxy groups -OCH3 is 1. The quantitative estimate of drug-likeness (QED) is 0.436. The number of aromatic amines is 1. The third kappa shape index (κ3) is 4.85. The lowest BCUT2D eigenvalue weighted by atomic mass is 10.2. The first kappa shape index (κ1) is 21.3. The van der Waals surface area contributed by atoms with E-state index in [0.29, 0.717) is 51.8 Å². The molecule has 0 aliphatic carbocycles. The van der Waals surface area contributed by atoms with E-state index in [1.165, 1.54) is 12.3 Å². The Balaban J connectivity index is 1.68. The molecular weight excluding hydrogens is 411 g/mol. The van der Waals surface area contributed by atoms with Crippen LogP contribution < -0.4 is 9.47 Å². The van der Waals surface area contributed by atoms with Gasteiger partial charge in [-0.1, -0.05) is 18.2 Å². The Morgan fingerprint density at radius 2 is 1.97 bits per heavy atom. The Hall–Kier alpha value is -3.96. The molecule has 0 unspecified atom stereocenters. The summed E-state index contributed by atoms with van der Waals surface area (Å²) in [5.41, 5.74) is 2.73. The Kier molecular flexibility index (Phi) is 6.29. The van der Waals surface area contributed by atoms with Gasteiger partial charge < -0.3 is 19.2 Å². The Morgan fingerprint density at radius 1 is 1.16 bits per heavy atom. The number of pyridine rings is 1. The van der Waals surface area contributed by atoms with Gasteiger partial charge in [0, 0.05) is 30.5 Å². The first-order chi connectivity index (χ1) is 15.6. The summed E-state index contributed by atoms with van der Waals surface area (Å²) in [5, 5.41) is 9.10. The average Bonchev–Trinajstić information content (AvgIpc) is 3.22. The van der Waals surface area contributed by atoms with Crippen molar-refractivity contribution in [2.45, 2.75) is 19.6 Å². The first-order valence-corrected chi connectivity index (χ1v) is 9.99. The minimum absolute atomic E-state index is 0.0659. The molecule has 32 heavy (non-hydrogen) atoms. The Morgan fingerprint density at radius 3 is 2.75 bits per heavy atom. The number of halogens is 1. The van der Waals surface area contributed by atoms with E-state index in [1.54, 1.807) is 43.5 Å². The second kappa shape index (κ2) is 9.45. The number of nitriles is 1. The summed E-state index contributed by atoms with van der Waals surface area (Å²) in [5.74, 6) is 1.27. The molecule has 2 aromatic heterocycles. The van der Waals surface area contributed by atoms with Crippen LogP contribution in [0, 0.1) is 17.1 Å². The molecule has 4 rings (SSSR count). The van der Waals surface area contributed by atoms with Gasteiger partial charge in [0.1, 0.15) is 41.9 Å². The highest BCUT2D eigenvalue weighted by Crippen LogP contribution is 2.31. The molecular formula is C24H21FN4O3. The van der Waals surface area contributed by atoms with E-state index in [0.717, 1.165) is 0 Å². The fourth-order valence-electron chi connectivity index (χ4n) is 3.24. The molecule has 0 spiro atoms. The van der Waals surface area contributed by atoms with Gasteiger partial charge in [-0.15, -0.1) is 0 Å². The van der Waals surface area contributed by atoms with E-state index in [-0.39, 0.29) is 18.5 Å². The van der Waals surface area contributed by atoms with Crippen LogP contribution in [-0.4, -0.2) is 34.8 Å². The zero-order valence-corrected chi connectivity index (χ0v) is 17.6. The maximum Gasteiger partial charge on any atom is 0.178 e. The van der Waals surface area contributed by atoms with Crippen molar-refractivity contribution < 1.29 is 18.6 Å².